The number of hydrogen-bond acceptors (Lipinski definition) is 3. The molecule has 0 radical (unpaired) electrons. The molecule has 1 unspecified atom stereocenters. The summed E-state index contributed by atoms with van der Waals surface area (Å²) in [7, 11) is 0. The highest BCUT2D eigenvalue weighted by Crippen LogP contribution is 2.25. The monoisotopic (exact) mass is 209 g/mol. The molecule has 6 heteroatoms. The van der Waals surface area contributed by atoms with Crippen molar-refractivity contribution >= 4 is 5.96 Å². The number of nitrogens with two attached hydrogens (primary N) is 1. The zero-order valence-corrected chi connectivity index (χ0v) is 7.99. The molecule has 0 saturated carbocycles. The van der Waals surface area contributed by atoms with Crippen LogP contribution in [0.2, 0.25) is 0 Å². The van der Waals surface area contributed by atoms with Crippen molar-refractivity contribution in [2.24, 2.45) is 10.7 Å². The van der Waals surface area contributed by atoms with Crippen LogP contribution in [0.15, 0.2) is 4.99 Å². The first-order valence-corrected chi connectivity index (χ1v) is 4.46. The van der Waals surface area contributed by atoms with E-state index in [4.69, 9.17) is 5.73 Å². The second kappa shape index (κ2) is 3.67. The van der Waals surface area contributed by atoms with Crippen LogP contribution in [0.25, 0.3) is 0 Å². The zero-order valence-electron chi connectivity index (χ0n) is 7.99. The molecule has 3 N–H and O–H groups in total. The van der Waals surface area contributed by atoms with Crippen LogP contribution in [-0.4, -0.2) is 24.2 Å². The lowest BCUT2D eigenvalue weighted by Crippen LogP contribution is -2.45. The molecule has 3 nitrogen and oxygen atoms in total. The second-order valence-electron chi connectivity index (χ2n) is 3.86. The van der Waals surface area contributed by atoms with E-state index in [-0.39, 0.29) is 6.42 Å². The molecule has 0 aliphatic carbocycles. The number of alkyl halides is 3. The highest BCUT2D eigenvalue weighted by molar-refractivity contribution is 5.80. The normalized spacial score (nSPS) is 27.3. The fourth-order valence-electron chi connectivity index (χ4n) is 1.47. The first-order chi connectivity index (χ1) is 6.31. The Kier molecular flexibility index (Phi) is 2.92. The van der Waals surface area contributed by atoms with Crippen molar-refractivity contribution in [2.45, 2.75) is 37.9 Å². The highest BCUT2D eigenvalue weighted by Gasteiger charge is 2.32. The van der Waals surface area contributed by atoms with Crippen molar-refractivity contribution in [3.8, 4) is 0 Å². The van der Waals surface area contributed by atoms with Gasteiger partial charge in [0, 0.05) is 6.42 Å². The van der Waals surface area contributed by atoms with Crippen LogP contribution in [-0.2, 0) is 0 Å². The summed E-state index contributed by atoms with van der Waals surface area (Å²) in [4.78, 5) is 3.91. The maximum absolute atomic E-state index is 11.9. The number of nitrogens with one attached hydrogen (secondary N) is 1. The van der Waals surface area contributed by atoms with E-state index in [2.05, 4.69) is 10.3 Å². The van der Waals surface area contributed by atoms with Crippen LogP contribution in [0.5, 0.6) is 0 Å². The average molecular weight is 209 g/mol. The van der Waals surface area contributed by atoms with Crippen molar-refractivity contribution in [3.63, 3.8) is 0 Å². The third-order valence-corrected chi connectivity index (χ3v) is 2.22. The lowest BCUT2D eigenvalue weighted by Gasteiger charge is -2.24. The maximum Gasteiger partial charge on any atom is 0.389 e. The highest BCUT2D eigenvalue weighted by atomic mass is 19.4. The SMILES string of the molecule is CC1(CCCC(F)(F)F)CN=C(N)N1. The van der Waals surface area contributed by atoms with Gasteiger partial charge in [-0.2, -0.15) is 13.2 Å². The Bertz CT molecular complexity index is 236. The largest absolute Gasteiger partial charge is 0.389 e. The van der Waals surface area contributed by atoms with E-state index >= 15 is 0 Å². The van der Waals surface area contributed by atoms with Gasteiger partial charge in [0.2, 0.25) is 0 Å². The molecule has 0 bridgehead atoms. The molecular formula is C8H14F3N3. The van der Waals surface area contributed by atoms with Gasteiger partial charge in [-0.05, 0) is 19.8 Å². The molecule has 0 fully saturated rings. The third-order valence-electron chi connectivity index (χ3n) is 2.22. The lowest BCUT2D eigenvalue weighted by molar-refractivity contribution is -0.136. The number of halogens is 3. The molecule has 0 saturated heterocycles. The molecule has 0 amide bonds. The Balaban J connectivity index is 2.26. The van der Waals surface area contributed by atoms with Gasteiger partial charge in [0.1, 0.15) is 0 Å². The van der Waals surface area contributed by atoms with Crippen LogP contribution in [0.4, 0.5) is 13.2 Å². The molecule has 0 aromatic carbocycles. The summed E-state index contributed by atoms with van der Waals surface area (Å²) < 4.78 is 35.6. The summed E-state index contributed by atoms with van der Waals surface area (Å²) in [5, 5.41) is 2.88. The molecule has 1 aliphatic heterocycles. The van der Waals surface area contributed by atoms with Crippen molar-refractivity contribution < 1.29 is 13.2 Å². The zero-order chi connectivity index (χ0) is 10.8. The number of nitrogens with zero attached hydrogens (tertiary/aromatic N) is 1. The van der Waals surface area contributed by atoms with Gasteiger partial charge in [-0.3, -0.25) is 4.99 Å². The average Bonchev–Trinajstić information content (AvgIpc) is 2.28. The quantitative estimate of drug-likeness (QED) is 0.738. The lowest BCUT2D eigenvalue weighted by atomic mass is 9.96. The van der Waals surface area contributed by atoms with Crippen LogP contribution < -0.4 is 11.1 Å². The fraction of sp³-hybridized carbons (Fsp3) is 0.875. The first-order valence-electron chi connectivity index (χ1n) is 4.46. The van der Waals surface area contributed by atoms with Gasteiger partial charge in [-0.15, -0.1) is 0 Å². The number of aliphatic imine (C=N–C) groups is 1. The Morgan fingerprint density at radius 3 is 2.64 bits per heavy atom. The molecule has 1 rings (SSSR count). The number of hydrogen-bond donors (Lipinski definition) is 2. The number of guanidine groups is 1. The maximum atomic E-state index is 11.9. The van der Waals surface area contributed by atoms with E-state index in [1.54, 1.807) is 0 Å². The van der Waals surface area contributed by atoms with Crippen LogP contribution in [0, 0.1) is 0 Å². The third kappa shape index (κ3) is 3.43. The fourth-order valence-corrected chi connectivity index (χ4v) is 1.47. The summed E-state index contributed by atoms with van der Waals surface area (Å²) in [6, 6.07) is 0. The van der Waals surface area contributed by atoms with E-state index in [9.17, 15) is 13.2 Å². The van der Waals surface area contributed by atoms with Crippen LogP contribution in [0.3, 0.4) is 0 Å². The van der Waals surface area contributed by atoms with E-state index in [0.29, 0.717) is 18.9 Å². The van der Waals surface area contributed by atoms with E-state index in [1.807, 2.05) is 6.92 Å². The van der Waals surface area contributed by atoms with Crippen molar-refractivity contribution in [1.82, 2.24) is 5.32 Å². The minimum atomic E-state index is -4.07. The van der Waals surface area contributed by atoms with Gasteiger partial charge in [-0.1, -0.05) is 0 Å². The Morgan fingerprint density at radius 2 is 2.21 bits per heavy atom. The summed E-state index contributed by atoms with van der Waals surface area (Å²) in [6.07, 6.45) is -4.28. The topological polar surface area (TPSA) is 50.4 Å². The second-order valence-corrected chi connectivity index (χ2v) is 3.86. The van der Waals surface area contributed by atoms with Crippen LogP contribution >= 0.6 is 0 Å². The van der Waals surface area contributed by atoms with Gasteiger partial charge in [0.05, 0.1) is 12.1 Å². The van der Waals surface area contributed by atoms with Gasteiger partial charge in [0.25, 0.3) is 0 Å². The minimum absolute atomic E-state index is 0.107. The minimum Gasteiger partial charge on any atom is -0.370 e. The van der Waals surface area contributed by atoms with Gasteiger partial charge in [0.15, 0.2) is 5.96 Å². The van der Waals surface area contributed by atoms with Gasteiger partial charge in [-0.25, -0.2) is 0 Å². The predicted molar refractivity (Wildman–Crippen MR) is 47.9 cm³/mol. The molecule has 1 heterocycles. The van der Waals surface area contributed by atoms with E-state index in [1.165, 1.54) is 0 Å². The van der Waals surface area contributed by atoms with Crippen molar-refractivity contribution in [3.05, 3.63) is 0 Å². The summed E-state index contributed by atoms with van der Waals surface area (Å²) in [5.74, 6) is 0.319. The molecular weight excluding hydrogens is 195 g/mol. The van der Waals surface area contributed by atoms with Gasteiger partial charge < -0.3 is 11.1 Å². The Labute approximate surface area is 80.6 Å². The van der Waals surface area contributed by atoms with E-state index in [0.717, 1.165) is 0 Å². The van der Waals surface area contributed by atoms with Crippen molar-refractivity contribution in [1.29, 1.82) is 0 Å². The predicted octanol–water partition coefficient (Wildman–Crippen LogP) is 1.40. The van der Waals surface area contributed by atoms with Crippen molar-refractivity contribution in [2.75, 3.05) is 6.54 Å². The molecule has 14 heavy (non-hydrogen) atoms. The molecule has 0 spiro atoms. The van der Waals surface area contributed by atoms with Crippen LogP contribution in [0.1, 0.15) is 26.2 Å². The summed E-state index contributed by atoms with van der Waals surface area (Å²) in [6.45, 7) is 2.28. The smallest absolute Gasteiger partial charge is 0.370 e. The summed E-state index contributed by atoms with van der Waals surface area (Å²) >= 11 is 0. The molecule has 0 aromatic rings. The van der Waals surface area contributed by atoms with Gasteiger partial charge >= 0.3 is 6.18 Å². The first kappa shape index (κ1) is 11.1. The number of rotatable bonds is 3. The van der Waals surface area contributed by atoms with E-state index < -0.39 is 18.1 Å². The Morgan fingerprint density at radius 1 is 1.57 bits per heavy atom. The molecule has 1 atom stereocenters. The molecule has 0 aromatic heterocycles. The molecule has 1 aliphatic rings. The molecule has 82 valence electrons. The standard InChI is InChI=1S/C8H14F3N3/c1-7(5-13-6(12)14-7)3-2-4-8(9,10)11/h2-5H2,1H3,(H3,12,13,14). The Hall–Kier alpha value is -0.940. The summed E-state index contributed by atoms with van der Waals surface area (Å²) in [5.41, 5.74) is 4.99.